The molecular formula is C22H41N2O2-. The minimum absolute atomic E-state index is 0.257. The predicted octanol–water partition coefficient (Wildman–Crippen LogP) is 5.99. The Kier molecular flexibility index (Phi) is 13.6. The summed E-state index contributed by atoms with van der Waals surface area (Å²) in [7, 11) is 0. The van der Waals surface area contributed by atoms with Crippen LogP contribution in [0.25, 0.3) is 0 Å². The highest BCUT2D eigenvalue weighted by atomic mass is 16.5. The molecule has 0 amide bonds. The number of aliphatic imine (C=N–C) groups is 1. The molecule has 1 aliphatic heterocycles. The van der Waals surface area contributed by atoms with Crippen LogP contribution in [0, 0.1) is 5.21 Å². The molecule has 0 aliphatic carbocycles. The van der Waals surface area contributed by atoms with Gasteiger partial charge in [-0.25, -0.2) is 0 Å². The van der Waals surface area contributed by atoms with Gasteiger partial charge in [0.05, 0.1) is 18.0 Å². The van der Waals surface area contributed by atoms with Crippen LogP contribution in [0.5, 0.6) is 0 Å². The molecule has 1 rings (SSSR count). The van der Waals surface area contributed by atoms with Crippen molar-refractivity contribution in [2.75, 3.05) is 6.54 Å². The van der Waals surface area contributed by atoms with E-state index < -0.39 is 6.10 Å². The van der Waals surface area contributed by atoms with E-state index in [1.54, 1.807) is 6.92 Å². The van der Waals surface area contributed by atoms with E-state index in [1.165, 1.54) is 77.0 Å². The second-order valence-corrected chi connectivity index (χ2v) is 7.77. The van der Waals surface area contributed by atoms with Crippen LogP contribution in [0.2, 0.25) is 0 Å². The fraction of sp³-hybridized carbons (Fsp3) is 0.864. The van der Waals surface area contributed by atoms with Gasteiger partial charge in [0.15, 0.2) is 0 Å². The molecule has 1 heterocycles. The van der Waals surface area contributed by atoms with Crippen molar-refractivity contribution in [2.24, 2.45) is 4.99 Å². The maximum absolute atomic E-state index is 11.7. The third kappa shape index (κ3) is 11.0. The Labute approximate surface area is 161 Å². The number of rotatable bonds is 16. The van der Waals surface area contributed by atoms with Crippen LogP contribution >= 0.6 is 0 Å². The summed E-state index contributed by atoms with van der Waals surface area (Å²) in [6, 6.07) is -0.257. The molecule has 0 aromatic carbocycles. The molecule has 26 heavy (non-hydrogen) atoms. The van der Waals surface area contributed by atoms with E-state index in [0.717, 1.165) is 11.5 Å². The summed E-state index contributed by atoms with van der Waals surface area (Å²) in [5.41, 5.74) is 0. The average Bonchev–Trinajstić information content (AvgIpc) is 2.99. The highest BCUT2D eigenvalue weighted by Gasteiger charge is 2.22. The molecule has 1 aliphatic rings. The highest BCUT2D eigenvalue weighted by molar-refractivity contribution is 5.85. The molecule has 4 nitrogen and oxygen atoms in total. The third-order valence-electron chi connectivity index (χ3n) is 5.20. The van der Waals surface area contributed by atoms with Crippen molar-refractivity contribution < 1.29 is 5.11 Å². The van der Waals surface area contributed by atoms with Crippen molar-refractivity contribution in [2.45, 2.75) is 116 Å². The molecule has 0 saturated carbocycles. The van der Waals surface area contributed by atoms with Gasteiger partial charge in [0.2, 0.25) is 0 Å². The summed E-state index contributed by atoms with van der Waals surface area (Å²) < 4.78 is 0. The minimum Gasteiger partial charge on any atom is -0.757 e. The summed E-state index contributed by atoms with van der Waals surface area (Å²) in [5, 5.41) is 22.1. The smallest absolute Gasteiger partial charge is 0.0941 e. The van der Waals surface area contributed by atoms with Crippen LogP contribution < -0.4 is 0 Å². The van der Waals surface area contributed by atoms with Gasteiger partial charge in [-0.3, -0.25) is 4.99 Å². The van der Waals surface area contributed by atoms with Gasteiger partial charge in [0.25, 0.3) is 0 Å². The van der Waals surface area contributed by atoms with E-state index in [0.29, 0.717) is 18.8 Å². The van der Waals surface area contributed by atoms with E-state index >= 15 is 0 Å². The molecule has 0 aromatic rings. The molecule has 0 bridgehead atoms. The van der Waals surface area contributed by atoms with Crippen molar-refractivity contribution >= 4 is 5.84 Å². The molecule has 0 aromatic heterocycles. The molecule has 0 radical (unpaired) electrons. The second kappa shape index (κ2) is 15.2. The molecular weight excluding hydrogens is 324 g/mol. The van der Waals surface area contributed by atoms with Crippen LogP contribution in [-0.2, 0) is 0 Å². The van der Waals surface area contributed by atoms with Gasteiger partial charge in [-0.1, -0.05) is 89.7 Å². The first kappa shape index (κ1) is 23.2. The van der Waals surface area contributed by atoms with E-state index in [9.17, 15) is 10.3 Å². The molecule has 4 heteroatoms. The Hall–Kier alpha value is -0.870. The zero-order valence-electron chi connectivity index (χ0n) is 17.2. The molecule has 0 spiro atoms. The van der Waals surface area contributed by atoms with E-state index in [4.69, 9.17) is 0 Å². The normalized spacial score (nSPS) is 18.7. The number of hydrogen-bond donors (Lipinski definition) is 1. The van der Waals surface area contributed by atoms with Crippen LogP contribution in [-0.4, -0.2) is 34.7 Å². The average molecular weight is 366 g/mol. The predicted molar refractivity (Wildman–Crippen MR) is 112 cm³/mol. The van der Waals surface area contributed by atoms with Crippen molar-refractivity contribution in [3.05, 3.63) is 17.4 Å². The highest BCUT2D eigenvalue weighted by Crippen LogP contribution is 2.15. The number of aliphatic hydroxyl groups is 1. The second-order valence-electron chi connectivity index (χ2n) is 7.77. The number of unbranched alkanes of at least 4 members (excludes halogenated alkanes) is 12. The maximum Gasteiger partial charge on any atom is 0.0941 e. The van der Waals surface area contributed by atoms with Crippen molar-refractivity contribution in [1.29, 1.82) is 0 Å². The summed E-state index contributed by atoms with van der Waals surface area (Å²) >= 11 is 0. The molecule has 0 fully saturated rings. The zero-order valence-corrected chi connectivity index (χ0v) is 17.2. The maximum atomic E-state index is 11.7. The van der Waals surface area contributed by atoms with Gasteiger partial charge >= 0.3 is 0 Å². The lowest BCUT2D eigenvalue weighted by Crippen LogP contribution is -2.28. The van der Waals surface area contributed by atoms with Gasteiger partial charge in [-0.05, 0) is 19.8 Å². The lowest BCUT2D eigenvalue weighted by atomic mass is 10.0. The summed E-state index contributed by atoms with van der Waals surface area (Å²) in [5.74, 6) is 0.557. The number of allylic oxidation sites excluding steroid dienone is 1. The van der Waals surface area contributed by atoms with Crippen LogP contribution in [0.1, 0.15) is 104 Å². The number of amidine groups is 1. The first-order valence-electron chi connectivity index (χ1n) is 11.0. The summed E-state index contributed by atoms with van der Waals surface area (Å²) in [6.07, 6.45) is 21.8. The van der Waals surface area contributed by atoms with E-state index in [-0.39, 0.29) is 6.04 Å². The molecule has 152 valence electrons. The SMILES string of the molecule is CCCCCCCCCCCCCCC=CCC1=NC(C(C)O)CN1[O-]. The lowest BCUT2D eigenvalue weighted by molar-refractivity contribution is 0.163. The van der Waals surface area contributed by atoms with Gasteiger partial charge in [-0.15, -0.1) is 0 Å². The van der Waals surface area contributed by atoms with Crippen molar-refractivity contribution in [3.8, 4) is 0 Å². The first-order valence-corrected chi connectivity index (χ1v) is 11.0. The first-order chi connectivity index (χ1) is 12.6. The standard InChI is InChI=1S/C22H41N2O2/c1-3-4-5-6-7-8-9-10-11-12-13-14-15-16-17-18-22-23-21(20(2)25)19-24(22)26/h16-17,20-21,25H,3-15,18-19H2,1-2H3/q-1. The molecule has 2 unspecified atom stereocenters. The Morgan fingerprint density at radius 3 is 2.04 bits per heavy atom. The largest absolute Gasteiger partial charge is 0.757 e. The number of aliphatic hydroxyl groups excluding tert-OH is 1. The Bertz CT molecular complexity index is 394. The van der Waals surface area contributed by atoms with Gasteiger partial charge < -0.3 is 15.4 Å². The van der Waals surface area contributed by atoms with Crippen LogP contribution in [0.4, 0.5) is 0 Å². The Balaban J connectivity index is 1.89. The molecule has 0 saturated heterocycles. The molecule has 2 atom stereocenters. The Morgan fingerprint density at radius 1 is 1.00 bits per heavy atom. The van der Waals surface area contributed by atoms with E-state index in [1.807, 2.05) is 6.08 Å². The number of nitrogens with zero attached hydrogens (tertiary/aromatic N) is 2. The summed E-state index contributed by atoms with van der Waals surface area (Å²) in [6.45, 7) is 4.25. The van der Waals surface area contributed by atoms with E-state index in [2.05, 4.69) is 18.0 Å². The van der Waals surface area contributed by atoms with Gasteiger partial charge in [0.1, 0.15) is 0 Å². The number of hydrogen-bond acceptors (Lipinski definition) is 4. The monoisotopic (exact) mass is 365 g/mol. The topological polar surface area (TPSA) is 58.9 Å². The lowest BCUT2D eigenvalue weighted by Gasteiger charge is -2.26. The van der Waals surface area contributed by atoms with Gasteiger partial charge in [-0.2, -0.15) is 0 Å². The van der Waals surface area contributed by atoms with Crippen LogP contribution in [0.15, 0.2) is 17.1 Å². The summed E-state index contributed by atoms with van der Waals surface area (Å²) in [4.78, 5) is 4.30. The van der Waals surface area contributed by atoms with Crippen molar-refractivity contribution in [1.82, 2.24) is 5.06 Å². The minimum atomic E-state index is -0.547. The Morgan fingerprint density at radius 2 is 1.54 bits per heavy atom. The molecule has 1 N–H and O–H groups in total. The van der Waals surface area contributed by atoms with Crippen LogP contribution in [0.3, 0.4) is 0 Å². The fourth-order valence-electron chi connectivity index (χ4n) is 3.40. The zero-order chi connectivity index (χ0) is 19.0. The number of hydroxylamine groups is 2. The fourth-order valence-corrected chi connectivity index (χ4v) is 3.40. The third-order valence-corrected chi connectivity index (χ3v) is 5.20. The quantitative estimate of drug-likeness (QED) is 0.270. The van der Waals surface area contributed by atoms with Crippen molar-refractivity contribution in [3.63, 3.8) is 0 Å². The van der Waals surface area contributed by atoms with Gasteiger partial charge in [0, 0.05) is 13.0 Å².